The van der Waals surface area contributed by atoms with E-state index in [0.29, 0.717) is 5.02 Å². The Balaban J connectivity index is 2.89. The van der Waals surface area contributed by atoms with E-state index in [4.69, 9.17) is 11.6 Å². The van der Waals surface area contributed by atoms with Crippen LogP contribution in [0.2, 0.25) is 5.02 Å². The molecule has 1 aromatic carbocycles. The van der Waals surface area contributed by atoms with E-state index in [2.05, 4.69) is 4.99 Å². The van der Waals surface area contributed by atoms with Crippen molar-refractivity contribution in [3.63, 3.8) is 0 Å². The van der Waals surface area contributed by atoms with Gasteiger partial charge in [0, 0.05) is 5.02 Å². The highest BCUT2D eigenvalue weighted by atomic mass is 35.5. The minimum atomic E-state index is -0.139. The predicted octanol–water partition coefficient (Wildman–Crippen LogP) is 2.74. The zero-order valence-electron chi connectivity index (χ0n) is 6.62. The molecule has 0 bridgehead atoms. The van der Waals surface area contributed by atoms with Crippen molar-refractivity contribution in [3.05, 3.63) is 34.9 Å². The first-order chi connectivity index (χ1) is 5.74. The van der Waals surface area contributed by atoms with E-state index in [1.165, 1.54) is 6.08 Å². The lowest BCUT2D eigenvalue weighted by Gasteiger charge is -2.02. The number of nitrogens with zero attached hydrogens (tertiary/aromatic N) is 1. The third-order valence-electron chi connectivity index (χ3n) is 1.60. The number of hydrogen-bond acceptors (Lipinski definition) is 2. The Morgan fingerprint density at radius 3 is 2.50 bits per heavy atom. The Morgan fingerprint density at radius 1 is 1.42 bits per heavy atom. The maximum absolute atomic E-state index is 9.94. The van der Waals surface area contributed by atoms with Gasteiger partial charge in [-0.05, 0) is 24.6 Å². The molecule has 0 heterocycles. The molecule has 0 saturated heterocycles. The van der Waals surface area contributed by atoms with E-state index in [1.54, 1.807) is 12.1 Å². The summed E-state index contributed by atoms with van der Waals surface area (Å²) in [5.41, 5.74) is 0.961. The molecule has 0 aromatic heterocycles. The molecule has 0 aliphatic carbocycles. The largest absolute Gasteiger partial charge is 0.235 e. The van der Waals surface area contributed by atoms with E-state index in [0.717, 1.165) is 5.56 Å². The second-order valence-electron chi connectivity index (χ2n) is 2.45. The van der Waals surface area contributed by atoms with Crippen LogP contribution in [0, 0.1) is 0 Å². The Labute approximate surface area is 75.9 Å². The highest BCUT2D eigenvalue weighted by Gasteiger charge is 2.01. The lowest BCUT2D eigenvalue weighted by Crippen LogP contribution is -1.87. The maximum atomic E-state index is 9.94. The molecule has 62 valence electrons. The van der Waals surface area contributed by atoms with Crippen molar-refractivity contribution < 1.29 is 4.79 Å². The summed E-state index contributed by atoms with van der Waals surface area (Å²) < 4.78 is 0. The molecule has 1 aromatic rings. The van der Waals surface area contributed by atoms with Gasteiger partial charge >= 0.3 is 0 Å². The van der Waals surface area contributed by atoms with Crippen LogP contribution in [-0.4, -0.2) is 6.08 Å². The number of rotatable bonds is 2. The lowest BCUT2D eigenvalue weighted by molar-refractivity contribution is 0.559. The van der Waals surface area contributed by atoms with Crippen molar-refractivity contribution in [1.82, 2.24) is 0 Å². The standard InChI is InChI=1S/C9H8ClNO/c1-7(11-6-12)8-2-4-9(10)5-3-8/h2-5,7H,1H3/t7-/m1/s1. The molecule has 0 N–H and O–H groups in total. The van der Waals surface area contributed by atoms with E-state index >= 15 is 0 Å². The van der Waals surface area contributed by atoms with Gasteiger partial charge in [0.05, 0.1) is 6.04 Å². The van der Waals surface area contributed by atoms with Gasteiger partial charge in [0.15, 0.2) is 0 Å². The minimum absolute atomic E-state index is 0.139. The van der Waals surface area contributed by atoms with Crippen LogP contribution in [0.1, 0.15) is 18.5 Å². The Hall–Kier alpha value is -1.11. The van der Waals surface area contributed by atoms with Crippen LogP contribution in [0.3, 0.4) is 0 Å². The van der Waals surface area contributed by atoms with Crippen molar-refractivity contribution >= 4 is 17.7 Å². The van der Waals surface area contributed by atoms with Crippen molar-refractivity contribution in [2.45, 2.75) is 13.0 Å². The number of halogens is 1. The second-order valence-corrected chi connectivity index (χ2v) is 2.88. The maximum Gasteiger partial charge on any atom is 0.235 e. The highest BCUT2D eigenvalue weighted by Crippen LogP contribution is 2.18. The minimum Gasteiger partial charge on any atom is -0.211 e. The number of carbonyl (C=O) groups excluding carboxylic acids is 1. The fourth-order valence-electron chi connectivity index (χ4n) is 0.895. The fraction of sp³-hybridized carbons (Fsp3) is 0.222. The van der Waals surface area contributed by atoms with Gasteiger partial charge in [0.2, 0.25) is 6.08 Å². The third-order valence-corrected chi connectivity index (χ3v) is 1.85. The van der Waals surface area contributed by atoms with Crippen LogP contribution in [-0.2, 0) is 4.79 Å². The number of isocyanates is 1. The molecule has 0 aliphatic heterocycles. The van der Waals surface area contributed by atoms with E-state index in [1.807, 2.05) is 19.1 Å². The molecular weight excluding hydrogens is 174 g/mol. The summed E-state index contributed by atoms with van der Waals surface area (Å²) in [6.45, 7) is 1.83. The molecule has 2 nitrogen and oxygen atoms in total. The van der Waals surface area contributed by atoms with Crippen molar-refractivity contribution in [2.75, 3.05) is 0 Å². The first-order valence-corrected chi connectivity index (χ1v) is 3.94. The molecule has 1 atom stereocenters. The number of benzene rings is 1. The summed E-state index contributed by atoms with van der Waals surface area (Å²) in [5.74, 6) is 0. The molecule has 0 saturated carbocycles. The van der Waals surface area contributed by atoms with Crippen LogP contribution < -0.4 is 0 Å². The van der Waals surface area contributed by atoms with Crippen LogP contribution in [0.25, 0.3) is 0 Å². The van der Waals surface area contributed by atoms with Gasteiger partial charge in [-0.2, -0.15) is 4.99 Å². The fourth-order valence-corrected chi connectivity index (χ4v) is 1.02. The molecule has 12 heavy (non-hydrogen) atoms. The van der Waals surface area contributed by atoms with Crippen molar-refractivity contribution in [2.24, 2.45) is 4.99 Å². The van der Waals surface area contributed by atoms with Gasteiger partial charge in [0.1, 0.15) is 0 Å². The van der Waals surface area contributed by atoms with Gasteiger partial charge in [-0.15, -0.1) is 0 Å². The molecule has 0 amide bonds. The molecule has 0 aliphatic rings. The third kappa shape index (κ3) is 2.19. The average Bonchev–Trinajstić information content (AvgIpc) is 2.06. The smallest absolute Gasteiger partial charge is 0.211 e. The summed E-state index contributed by atoms with van der Waals surface area (Å²) in [6, 6.07) is 7.09. The van der Waals surface area contributed by atoms with Gasteiger partial charge in [-0.1, -0.05) is 23.7 Å². The van der Waals surface area contributed by atoms with Crippen LogP contribution in [0.4, 0.5) is 0 Å². The molecule has 0 radical (unpaired) electrons. The summed E-state index contributed by atoms with van der Waals surface area (Å²) in [5, 5.41) is 0.682. The molecule has 0 spiro atoms. The topological polar surface area (TPSA) is 29.4 Å². The number of hydrogen-bond donors (Lipinski definition) is 0. The number of aliphatic imine (C=N–C) groups is 1. The van der Waals surface area contributed by atoms with Gasteiger partial charge in [-0.25, -0.2) is 4.79 Å². The lowest BCUT2D eigenvalue weighted by atomic mass is 10.1. The van der Waals surface area contributed by atoms with Crippen molar-refractivity contribution in [3.8, 4) is 0 Å². The Morgan fingerprint density at radius 2 is 2.00 bits per heavy atom. The first kappa shape index (κ1) is 8.98. The summed E-state index contributed by atoms with van der Waals surface area (Å²) >= 11 is 5.69. The SMILES string of the molecule is C[C@@H](N=C=O)c1ccc(Cl)cc1. The van der Waals surface area contributed by atoms with E-state index < -0.39 is 0 Å². The average molecular weight is 182 g/mol. The van der Waals surface area contributed by atoms with Crippen LogP contribution in [0.5, 0.6) is 0 Å². The summed E-state index contributed by atoms with van der Waals surface area (Å²) in [4.78, 5) is 13.5. The van der Waals surface area contributed by atoms with Crippen molar-refractivity contribution in [1.29, 1.82) is 0 Å². The second kappa shape index (κ2) is 4.05. The summed E-state index contributed by atoms with van der Waals surface area (Å²) in [6.07, 6.45) is 1.52. The molecule has 1 rings (SSSR count). The Bertz CT molecular complexity index is 301. The molecular formula is C9H8ClNO. The zero-order valence-corrected chi connectivity index (χ0v) is 7.38. The predicted molar refractivity (Wildman–Crippen MR) is 48.0 cm³/mol. The molecule has 3 heteroatoms. The van der Waals surface area contributed by atoms with Gasteiger partial charge in [0.25, 0.3) is 0 Å². The normalized spacial score (nSPS) is 11.8. The monoisotopic (exact) mass is 181 g/mol. The Kier molecular flexibility index (Phi) is 3.03. The quantitative estimate of drug-likeness (QED) is 0.510. The molecule has 0 fully saturated rings. The van der Waals surface area contributed by atoms with Crippen LogP contribution >= 0.6 is 11.6 Å². The van der Waals surface area contributed by atoms with Gasteiger partial charge < -0.3 is 0 Å². The summed E-state index contributed by atoms with van der Waals surface area (Å²) in [7, 11) is 0. The van der Waals surface area contributed by atoms with E-state index in [9.17, 15) is 4.79 Å². The van der Waals surface area contributed by atoms with E-state index in [-0.39, 0.29) is 6.04 Å². The van der Waals surface area contributed by atoms with Gasteiger partial charge in [-0.3, -0.25) is 0 Å². The highest BCUT2D eigenvalue weighted by molar-refractivity contribution is 6.30. The first-order valence-electron chi connectivity index (χ1n) is 3.56. The van der Waals surface area contributed by atoms with Crippen LogP contribution in [0.15, 0.2) is 29.3 Å². The zero-order chi connectivity index (χ0) is 8.97. The molecule has 0 unspecified atom stereocenters.